The summed E-state index contributed by atoms with van der Waals surface area (Å²) in [6, 6.07) is 8.63. The van der Waals surface area contributed by atoms with E-state index in [1.165, 1.54) is 24.9 Å². The van der Waals surface area contributed by atoms with E-state index in [1.807, 2.05) is 12.1 Å². The van der Waals surface area contributed by atoms with Crippen LogP contribution in [0.3, 0.4) is 0 Å². The van der Waals surface area contributed by atoms with E-state index in [2.05, 4.69) is 22.3 Å². The minimum atomic E-state index is 0.0610. The van der Waals surface area contributed by atoms with E-state index in [0.29, 0.717) is 23.9 Å². The van der Waals surface area contributed by atoms with Crippen molar-refractivity contribution in [1.29, 1.82) is 0 Å². The Morgan fingerprint density at radius 1 is 1.08 bits per heavy atom. The Labute approximate surface area is 149 Å². The third kappa shape index (κ3) is 3.67. The molecule has 3 fully saturated rings. The average Bonchev–Trinajstić information content (AvgIpc) is 2.63. The molecule has 1 aromatic rings. The van der Waals surface area contributed by atoms with Crippen molar-refractivity contribution in [3.63, 3.8) is 0 Å². The van der Waals surface area contributed by atoms with Crippen LogP contribution in [0.4, 0.5) is 5.69 Å². The molecule has 1 aromatic carbocycles. The van der Waals surface area contributed by atoms with E-state index in [0.717, 1.165) is 44.7 Å². The highest BCUT2D eigenvalue weighted by Gasteiger charge is 2.39. The van der Waals surface area contributed by atoms with Gasteiger partial charge in [-0.05, 0) is 61.8 Å². The van der Waals surface area contributed by atoms with Gasteiger partial charge in [-0.15, -0.1) is 0 Å². The maximum atomic E-state index is 12.7. The molecule has 2 atom stereocenters. The Morgan fingerprint density at radius 3 is 2.36 bits per heavy atom. The second kappa shape index (κ2) is 7.34. The van der Waals surface area contributed by atoms with E-state index < -0.39 is 0 Å². The molecule has 1 amide bonds. The minimum absolute atomic E-state index is 0.0610. The predicted octanol–water partition coefficient (Wildman–Crippen LogP) is 2.16. The maximum absolute atomic E-state index is 12.7. The number of rotatable bonds is 3. The van der Waals surface area contributed by atoms with Crippen molar-refractivity contribution in [3.05, 3.63) is 29.8 Å². The molecule has 5 nitrogen and oxygen atoms in total. The molecule has 4 rings (SSSR count). The van der Waals surface area contributed by atoms with Gasteiger partial charge in [0.15, 0.2) is 0 Å². The van der Waals surface area contributed by atoms with Gasteiger partial charge in [0.2, 0.25) is 0 Å². The summed E-state index contributed by atoms with van der Waals surface area (Å²) in [6.07, 6.45) is 5.79. The van der Waals surface area contributed by atoms with E-state index in [1.54, 1.807) is 0 Å². The fourth-order valence-corrected chi connectivity index (χ4v) is 4.90. The summed E-state index contributed by atoms with van der Waals surface area (Å²) in [5, 5.41) is 3.33. The van der Waals surface area contributed by atoms with Crippen molar-refractivity contribution >= 4 is 11.6 Å². The number of carbonyl (C=O) groups is 1. The van der Waals surface area contributed by atoms with E-state index in [-0.39, 0.29) is 5.91 Å². The molecule has 136 valence electrons. The molecule has 1 heterocycles. The smallest absolute Gasteiger partial charge is 0.251 e. The normalized spacial score (nSPS) is 32.3. The minimum Gasteiger partial charge on any atom is -0.378 e. The number of fused-ring (bicyclic) bond motifs is 2. The number of nitrogens with zero attached hydrogens (tertiary/aromatic N) is 1. The SMILES string of the molecule is NC1CC2CCCC(C1)C2NC(=O)c1ccc(N2CCOCC2)cc1. The third-order valence-electron chi connectivity index (χ3n) is 6.18. The number of anilines is 1. The molecule has 0 spiro atoms. The van der Waals surface area contributed by atoms with Crippen LogP contribution in [0.2, 0.25) is 0 Å². The van der Waals surface area contributed by atoms with E-state index in [9.17, 15) is 4.79 Å². The highest BCUT2D eigenvalue weighted by Crippen LogP contribution is 2.39. The molecular weight excluding hydrogens is 314 g/mol. The lowest BCUT2D eigenvalue weighted by molar-refractivity contribution is 0.0756. The van der Waals surface area contributed by atoms with Crippen molar-refractivity contribution in [2.75, 3.05) is 31.2 Å². The fraction of sp³-hybridized carbons (Fsp3) is 0.650. The first-order chi connectivity index (χ1) is 12.2. The summed E-state index contributed by atoms with van der Waals surface area (Å²) in [5.41, 5.74) is 8.11. The lowest BCUT2D eigenvalue weighted by Crippen LogP contribution is -2.53. The van der Waals surface area contributed by atoms with Gasteiger partial charge in [0.1, 0.15) is 0 Å². The number of benzene rings is 1. The Bertz CT molecular complexity index is 583. The molecule has 2 unspecified atom stereocenters. The lowest BCUT2D eigenvalue weighted by Gasteiger charge is -2.45. The summed E-state index contributed by atoms with van der Waals surface area (Å²) >= 11 is 0. The molecule has 1 saturated heterocycles. The number of amides is 1. The number of ether oxygens (including phenoxy) is 1. The number of carbonyl (C=O) groups excluding carboxylic acids is 1. The highest BCUT2D eigenvalue weighted by atomic mass is 16.5. The van der Waals surface area contributed by atoms with Crippen LogP contribution in [0.1, 0.15) is 42.5 Å². The Kier molecular flexibility index (Phi) is 4.95. The number of morpholine rings is 1. The summed E-state index contributed by atoms with van der Waals surface area (Å²) in [4.78, 5) is 15.0. The largest absolute Gasteiger partial charge is 0.378 e. The first kappa shape index (κ1) is 16.9. The molecule has 2 bridgehead atoms. The van der Waals surface area contributed by atoms with Crippen molar-refractivity contribution in [3.8, 4) is 0 Å². The van der Waals surface area contributed by atoms with Crippen LogP contribution in [-0.2, 0) is 4.74 Å². The van der Waals surface area contributed by atoms with Crippen LogP contribution in [0, 0.1) is 11.8 Å². The molecule has 2 aliphatic carbocycles. The summed E-state index contributed by atoms with van der Waals surface area (Å²) in [7, 11) is 0. The molecule has 0 radical (unpaired) electrons. The zero-order valence-electron chi connectivity index (χ0n) is 14.8. The van der Waals surface area contributed by atoms with E-state index >= 15 is 0 Å². The molecule has 1 aliphatic heterocycles. The van der Waals surface area contributed by atoms with Gasteiger partial charge in [-0.1, -0.05) is 6.42 Å². The lowest BCUT2D eigenvalue weighted by atomic mass is 9.67. The van der Waals surface area contributed by atoms with Crippen molar-refractivity contribution in [2.24, 2.45) is 17.6 Å². The van der Waals surface area contributed by atoms with Gasteiger partial charge in [-0.2, -0.15) is 0 Å². The Morgan fingerprint density at radius 2 is 1.72 bits per heavy atom. The molecule has 3 N–H and O–H groups in total. The molecule has 3 aliphatic rings. The van der Waals surface area contributed by atoms with Crippen LogP contribution in [0.5, 0.6) is 0 Å². The third-order valence-corrected chi connectivity index (χ3v) is 6.18. The van der Waals surface area contributed by atoms with Gasteiger partial charge in [0.25, 0.3) is 5.91 Å². The van der Waals surface area contributed by atoms with Crippen LogP contribution in [-0.4, -0.2) is 44.3 Å². The van der Waals surface area contributed by atoms with Gasteiger partial charge in [-0.25, -0.2) is 0 Å². The summed E-state index contributed by atoms with van der Waals surface area (Å²) in [5.74, 6) is 1.17. The van der Waals surface area contributed by atoms with Crippen LogP contribution < -0.4 is 16.0 Å². The number of nitrogens with one attached hydrogen (secondary N) is 1. The second-order valence-corrected chi connectivity index (χ2v) is 7.83. The zero-order chi connectivity index (χ0) is 17.2. The first-order valence-corrected chi connectivity index (χ1v) is 9.70. The highest BCUT2D eigenvalue weighted by molar-refractivity contribution is 5.94. The molecule has 0 aromatic heterocycles. The fourth-order valence-electron chi connectivity index (χ4n) is 4.90. The Hall–Kier alpha value is -1.59. The first-order valence-electron chi connectivity index (χ1n) is 9.70. The number of nitrogens with two attached hydrogens (primary N) is 1. The summed E-state index contributed by atoms with van der Waals surface area (Å²) < 4.78 is 5.40. The van der Waals surface area contributed by atoms with Gasteiger partial charge in [0, 0.05) is 36.4 Å². The van der Waals surface area contributed by atoms with Gasteiger partial charge >= 0.3 is 0 Å². The van der Waals surface area contributed by atoms with Crippen molar-refractivity contribution < 1.29 is 9.53 Å². The molecule has 5 heteroatoms. The second-order valence-electron chi connectivity index (χ2n) is 7.83. The topological polar surface area (TPSA) is 67.6 Å². The van der Waals surface area contributed by atoms with Crippen molar-refractivity contribution in [2.45, 2.75) is 44.2 Å². The van der Waals surface area contributed by atoms with Crippen LogP contribution >= 0.6 is 0 Å². The van der Waals surface area contributed by atoms with E-state index in [4.69, 9.17) is 10.5 Å². The zero-order valence-corrected chi connectivity index (χ0v) is 14.8. The van der Waals surface area contributed by atoms with Crippen LogP contribution in [0.15, 0.2) is 24.3 Å². The molecular formula is C20H29N3O2. The Balaban J connectivity index is 1.41. The average molecular weight is 343 g/mol. The molecule has 2 saturated carbocycles. The quantitative estimate of drug-likeness (QED) is 0.882. The molecule has 25 heavy (non-hydrogen) atoms. The van der Waals surface area contributed by atoms with Gasteiger partial charge in [-0.3, -0.25) is 4.79 Å². The maximum Gasteiger partial charge on any atom is 0.251 e. The monoisotopic (exact) mass is 343 g/mol. The van der Waals surface area contributed by atoms with Gasteiger partial charge < -0.3 is 20.7 Å². The predicted molar refractivity (Wildman–Crippen MR) is 98.8 cm³/mol. The van der Waals surface area contributed by atoms with Crippen LogP contribution in [0.25, 0.3) is 0 Å². The van der Waals surface area contributed by atoms with Gasteiger partial charge in [0.05, 0.1) is 13.2 Å². The van der Waals surface area contributed by atoms with Crippen molar-refractivity contribution in [1.82, 2.24) is 5.32 Å². The summed E-state index contributed by atoms with van der Waals surface area (Å²) in [6.45, 7) is 3.37. The number of hydrogen-bond acceptors (Lipinski definition) is 4. The standard InChI is InChI=1S/C20H29N3O2/c21-17-12-15-2-1-3-16(13-17)19(15)22-20(24)14-4-6-18(7-5-14)23-8-10-25-11-9-23/h4-7,15-17,19H,1-3,8-13,21H2,(H,22,24). The number of hydrogen-bond donors (Lipinski definition) is 2.